The summed E-state index contributed by atoms with van der Waals surface area (Å²) in [5.41, 5.74) is 2.89. The Bertz CT molecular complexity index is 400. The molecule has 3 heterocycles. The lowest BCUT2D eigenvalue weighted by Gasteiger charge is -2.38. The van der Waals surface area contributed by atoms with Gasteiger partial charge in [0.1, 0.15) is 15.1 Å². The number of hydroxylamine groups is 1. The number of ether oxygens (including phenoxy) is 1. The van der Waals surface area contributed by atoms with E-state index in [1.807, 2.05) is 5.38 Å². The van der Waals surface area contributed by atoms with Crippen molar-refractivity contribution in [1.29, 1.82) is 0 Å². The molecule has 2 aliphatic heterocycles. The van der Waals surface area contributed by atoms with Crippen molar-refractivity contribution in [2.45, 2.75) is 25.0 Å². The number of nitrogens with one attached hydrogen (secondary N) is 1. The van der Waals surface area contributed by atoms with Crippen molar-refractivity contribution in [2.75, 3.05) is 13.2 Å². The van der Waals surface area contributed by atoms with E-state index >= 15 is 0 Å². The first-order valence-corrected chi connectivity index (χ1v) is 7.00. The molecular weight excluding hydrogens is 292 g/mol. The topological polar surface area (TPSA) is 43.4 Å². The molecule has 0 spiro atoms. The largest absolute Gasteiger partial charge is 0.376 e. The van der Waals surface area contributed by atoms with Crippen molar-refractivity contribution in [3.63, 3.8) is 0 Å². The molecule has 1 aromatic rings. The highest BCUT2D eigenvalue weighted by Gasteiger charge is 2.51. The number of halogens is 1. The third-order valence-corrected chi connectivity index (χ3v) is 5.03. The Balaban J connectivity index is 1.96. The molecule has 3 atom stereocenters. The van der Waals surface area contributed by atoms with Crippen LogP contribution in [0.1, 0.15) is 18.4 Å². The van der Waals surface area contributed by atoms with Gasteiger partial charge in [0.25, 0.3) is 0 Å². The standard InChI is InChI=1S/C10H13BrN2O2S/c1-6-2-7-3-15-13-10(7,5-14-6)9-12-8(11)4-16-9/h4,6-7,13H,2-3,5H2,1H3. The minimum absolute atomic E-state index is 0.233. The zero-order chi connectivity index (χ0) is 11.2. The van der Waals surface area contributed by atoms with Gasteiger partial charge in [0.2, 0.25) is 0 Å². The number of hydrogen-bond donors (Lipinski definition) is 1. The minimum atomic E-state index is -0.233. The molecule has 0 amide bonds. The number of rotatable bonds is 1. The van der Waals surface area contributed by atoms with Crippen LogP contribution in [0.4, 0.5) is 0 Å². The molecule has 1 N–H and O–H groups in total. The Kier molecular flexibility index (Phi) is 2.79. The van der Waals surface area contributed by atoms with Crippen molar-refractivity contribution in [2.24, 2.45) is 5.92 Å². The fourth-order valence-corrected chi connectivity index (χ4v) is 3.86. The first-order valence-electron chi connectivity index (χ1n) is 5.33. The lowest BCUT2D eigenvalue weighted by molar-refractivity contribution is -0.0603. The fraction of sp³-hybridized carbons (Fsp3) is 0.700. The van der Waals surface area contributed by atoms with E-state index in [2.05, 4.69) is 33.3 Å². The number of fused-ring (bicyclic) bond motifs is 1. The van der Waals surface area contributed by atoms with E-state index in [0.29, 0.717) is 18.6 Å². The second-order valence-electron chi connectivity index (χ2n) is 4.41. The van der Waals surface area contributed by atoms with Gasteiger partial charge >= 0.3 is 0 Å². The highest BCUT2D eigenvalue weighted by molar-refractivity contribution is 9.10. The van der Waals surface area contributed by atoms with E-state index in [0.717, 1.165) is 22.6 Å². The number of aromatic nitrogens is 1. The zero-order valence-corrected chi connectivity index (χ0v) is 11.3. The molecule has 0 aromatic carbocycles. The van der Waals surface area contributed by atoms with Gasteiger partial charge in [-0.3, -0.25) is 0 Å². The summed E-state index contributed by atoms with van der Waals surface area (Å²) >= 11 is 5.04. The van der Waals surface area contributed by atoms with Crippen LogP contribution in [0.25, 0.3) is 0 Å². The Hall–Kier alpha value is -0.0100. The second-order valence-corrected chi connectivity index (χ2v) is 6.08. The van der Waals surface area contributed by atoms with Gasteiger partial charge in [-0.1, -0.05) is 0 Å². The minimum Gasteiger partial charge on any atom is -0.376 e. The van der Waals surface area contributed by atoms with Crippen molar-refractivity contribution in [1.82, 2.24) is 10.5 Å². The third kappa shape index (κ3) is 1.64. The normalized spacial score (nSPS) is 38.6. The van der Waals surface area contributed by atoms with Crippen LogP contribution in [0.5, 0.6) is 0 Å². The molecule has 2 fully saturated rings. The molecule has 4 nitrogen and oxygen atoms in total. The third-order valence-electron chi connectivity index (χ3n) is 3.31. The van der Waals surface area contributed by atoms with Crippen LogP contribution in [0.2, 0.25) is 0 Å². The Morgan fingerprint density at radius 3 is 3.31 bits per heavy atom. The monoisotopic (exact) mass is 304 g/mol. The number of nitrogens with zero attached hydrogens (tertiary/aromatic N) is 1. The van der Waals surface area contributed by atoms with Crippen molar-refractivity contribution >= 4 is 27.3 Å². The number of hydrogen-bond acceptors (Lipinski definition) is 5. The molecule has 2 saturated heterocycles. The summed E-state index contributed by atoms with van der Waals surface area (Å²) in [4.78, 5) is 9.93. The van der Waals surface area contributed by atoms with E-state index in [9.17, 15) is 0 Å². The molecule has 1 aromatic heterocycles. The van der Waals surface area contributed by atoms with Gasteiger partial charge in [-0.15, -0.1) is 11.3 Å². The fourth-order valence-electron chi connectivity index (χ4n) is 2.39. The Labute approximate surface area is 106 Å². The summed E-state index contributed by atoms with van der Waals surface area (Å²) in [5.74, 6) is 0.453. The van der Waals surface area contributed by atoms with Crippen molar-refractivity contribution in [3.05, 3.63) is 15.0 Å². The SMILES string of the molecule is CC1CC2CONC2(c2nc(Br)cs2)CO1. The van der Waals surface area contributed by atoms with Gasteiger partial charge in [-0.05, 0) is 29.3 Å². The van der Waals surface area contributed by atoms with Gasteiger partial charge in [0.05, 0.1) is 19.3 Å². The lowest BCUT2D eigenvalue weighted by Crippen LogP contribution is -2.50. The van der Waals surface area contributed by atoms with Gasteiger partial charge < -0.3 is 9.57 Å². The summed E-state index contributed by atoms with van der Waals surface area (Å²) in [5, 5.41) is 3.05. The summed E-state index contributed by atoms with van der Waals surface area (Å²) in [6.07, 6.45) is 1.33. The molecule has 88 valence electrons. The summed E-state index contributed by atoms with van der Waals surface area (Å²) in [7, 11) is 0. The first kappa shape index (κ1) is 11.1. The maximum Gasteiger partial charge on any atom is 0.123 e. The summed E-state index contributed by atoms with van der Waals surface area (Å²) in [6.45, 7) is 3.49. The van der Waals surface area contributed by atoms with E-state index in [-0.39, 0.29) is 5.54 Å². The summed E-state index contributed by atoms with van der Waals surface area (Å²) in [6, 6.07) is 0. The van der Waals surface area contributed by atoms with Crippen molar-refractivity contribution in [3.8, 4) is 0 Å². The highest BCUT2D eigenvalue weighted by Crippen LogP contribution is 2.42. The van der Waals surface area contributed by atoms with Crippen LogP contribution < -0.4 is 5.48 Å². The van der Waals surface area contributed by atoms with Gasteiger partial charge in [-0.25, -0.2) is 4.98 Å². The van der Waals surface area contributed by atoms with E-state index < -0.39 is 0 Å². The molecule has 0 aliphatic carbocycles. The van der Waals surface area contributed by atoms with Crippen LogP contribution in [-0.4, -0.2) is 24.3 Å². The Morgan fingerprint density at radius 1 is 1.69 bits per heavy atom. The lowest BCUT2D eigenvalue weighted by atomic mass is 9.81. The second kappa shape index (κ2) is 4.03. The number of thiazole rings is 1. The average Bonchev–Trinajstić information content (AvgIpc) is 2.84. The van der Waals surface area contributed by atoms with Gasteiger partial charge in [0.15, 0.2) is 0 Å². The van der Waals surface area contributed by atoms with Crippen LogP contribution >= 0.6 is 27.3 Å². The maximum absolute atomic E-state index is 5.77. The molecule has 6 heteroatoms. The smallest absolute Gasteiger partial charge is 0.123 e. The molecule has 16 heavy (non-hydrogen) atoms. The van der Waals surface area contributed by atoms with E-state index in [1.54, 1.807) is 11.3 Å². The first-order chi connectivity index (χ1) is 7.71. The molecule has 0 bridgehead atoms. The molecule has 3 rings (SSSR count). The molecule has 3 unspecified atom stereocenters. The maximum atomic E-state index is 5.77. The molecular formula is C10H13BrN2O2S. The molecule has 2 aliphatic rings. The average molecular weight is 305 g/mol. The van der Waals surface area contributed by atoms with Crippen molar-refractivity contribution < 1.29 is 9.57 Å². The van der Waals surface area contributed by atoms with Gasteiger partial charge in [-0.2, -0.15) is 5.48 Å². The van der Waals surface area contributed by atoms with E-state index in [1.165, 1.54) is 0 Å². The van der Waals surface area contributed by atoms with Crippen LogP contribution in [0.15, 0.2) is 9.98 Å². The molecule has 0 radical (unpaired) electrons. The van der Waals surface area contributed by atoms with Crippen LogP contribution in [0, 0.1) is 5.92 Å². The Morgan fingerprint density at radius 2 is 2.56 bits per heavy atom. The van der Waals surface area contributed by atoms with Crippen LogP contribution in [-0.2, 0) is 15.1 Å². The van der Waals surface area contributed by atoms with Gasteiger partial charge in [0, 0.05) is 11.3 Å². The summed E-state index contributed by atoms with van der Waals surface area (Å²) < 4.78 is 6.65. The van der Waals surface area contributed by atoms with E-state index in [4.69, 9.17) is 9.57 Å². The quantitative estimate of drug-likeness (QED) is 0.862. The predicted octanol–water partition coefficient (Wildman–Crippen LogP) is 2.06. The predicted molar refractivity (Wildman–Crippen MR) is 64.1 cm³/mol. The zero-order valence-electron chi connectivity index (χ0n) is 8.90. The highest BCUT2D eigenvalue weighted by atomic mass is 79.9. The molecule has 0 saturated carbocycles. The van der Waals surface area contributed by atoms with Crippen LogP contribution in [0.3, 0.4) is 0 Å².